The summed E-state index contributed by atoms with van der Waals surface area (Å²) in [5.74, 6) is -0.773. The number of hydrogen-bond donors (Lipinski definition) is 0. The topological polar surface area (TPSA) is 38.1 Å². The minimum atomic E-state index is -0.414. The summed E-state index contributed by atoms with van der Waals surface area (Å²) in [6, 6.07) is 12.1. The van der Waals surface area contributed by atoms with Crippen molar-refractivity contribution in [2.24, 2.45) is 0 Å². The van der Waals surface area contributed by atoms with Crippen LogP contribution in [0, 0.1) is 11.6 Å². The Morgan fingerprint density at radius 2 is 1.85 bits per heavy atom. The van der Waals surface area contributed by atoms with E-state index in [1.165, 1.54) is 24.3 Å². The van der Waals surface area contributed by atoms with Gasteiger partial charge in [-0.2, -0.15) is 0 Å². The van der Waals surface area contributed by atoms with E-state index in [9.17, 15) is 13.6 Å². The maximum absolute atomic E-state index is 13.4. The van der Waals surface area contributed by atoms with Gasteiger partial charge in [0.2, 0.25) is 0 Å². The van der Waals surface area contributed by atoms with Crippen molar-refractivity contribution in [2.45, 2.75) is 18.8 Å². The molecule has 6 heteroatoms. The predicted molar refractivity (Wildman–Crippen MR) is 97.8 cm³/mol. The monoisotopic (exact) mass is 367 g/mol. The van der Waals surface area contributed by atoms with E-state index in [4.69, 9.17) is 0 Å². The van der Waals surface area contributed by atoms with E-state index in [0.717, 1.165) is 18.5 Å². The highest BCUT2D eigenvalue weighted by molar-refractivity contribution is 5.94. The van der Waals surface area contributed by atoms with Crippen LogP contribution in [-0.2, 0) is 0 Å². The summed E-state index contributed by atoms with van der Waals surface area (Å²) in [4.78, 5) is 18.9. The van der Waals surface area contributed by atoms with E-state index in [2.05, 4.69) is 4.98 Å². The molecule has 0 aliphatic carbocycles. The summed E-state index contributed by atoms with van der Waals surface area (Å²) in [6.45, 7) is 1.19. The Kier molecular flexibility index (Phi) is 4.71. The molecular formula is C21H19F2N3O. The first-order valence-electron chi connectivity index (χ1n) is 8.95. The van der Waals surface area contributed by atoms with Gasteiger partial charge in [0.1, 0.15) is 11.6 Å². The minimum absolute atomic E-state index is 0.103. The van der Waals surface area contributed by atoms with E-state index < -0.39 is 5.82 Å². The van der Waals surface area contributed by atoms with Gasteiger partial charge >= 0.3 is 0 Å². The van der Waals surface area contributed by atoms with Gasteiger partial charge in [-0.15, -0.1) is 0 Å². The molecule has 2 aromatic carbocycles. The SMILES string of the molecule is O=C(c1cccc(F)c1)N1CCCC(c2cn(-c3cccc(F)c3)cn2)C1. The van der Waals surface area contributed by atoms with Crippen LogP contribution in [0.4, 0.5) is 8.78 Å². The molecule has 1 saturated heterocycles. The average Bonchev–Trinajstić information content (AvgIpc) is 3.18. The van der Waals surface area contributed by atoms with Crippen molar-refractivity contribution >= 4 is 5.91 Å². The molecule has 1 aliphatic rings. The zero-order chi connectivity index (χ0) is 18.8. The number of imidazole rings is 1. The number of halogens is 2. The molecular weight excluding hydrogens is 348 g/mol. The minimum Gasteiger partial charge on any atom is -0.338 e. The molecule has 138 valence electrons. The van der Waals surface area contributed by atoms with Gasteiger partial charge in [0, 0.05) is 36.5 Å². The highest BCUT2D eigenvalue weighted by Gasteiger charge is 2.27. The number of amides is 1. The molecule has 1 aromatic heterocycles. The van der Waals surface area contributed by atoms with E-state index in [-0.39, 0.29) is 17.6 Å². The third kappa shape index (κ3) is 3.74. The quantitative estimate of drug-likeness (QED) is 0.697. The van der Waals surface area contributed by atoms with Gasteiger partial charge in [-0.1, -0.05) is 12.1 Å². The van der Waals surface area contributed by atoms with Crippen molar-refractivity contribution < 1.29 is 13.6 Å². The standard InChI is InChI=1S/C21H19F2N3O/c22-17-6-1-4-15(10-17)21(27)25-9-3-5-16(12-25)20-13-26(14-24-20)19-8-2-7-18(23)11-19/h1-2,4,6-8,10-11,13-14,16H,3,5,9,12H2. The Morgan fingerprint density at radius 1 is 1.07 bits per heavy atom. The van der Waals surface area contributed by atoms with Crippen LogP contribution in [0.1, 0.15) is 34.8 Å². The Hall–Kier alpha value is -3.02. The summed E-state index contributed by atoms with van der Waals surface area (Å²) in [5, 5.41) is 0. The summed E-state index contributed by atoms with van der Waals surface area (Å²) >= 11 is 0. The van der Waals surface area contributed by atoms with Crippen molar-refractivity contribution in [3.8, 4) is 5.69 Å². The molecule has 1 atom stereocenters. The average molecular weight is 367 g/mol. The van der Waals surface area contributed by atoms with Gasteiger partial charge < -0.3 is 9.47 Å². The molecule has 1 aliphatic heterocycles. The highest BCUT2D eigenvalue weighted by Crippen LogP contribution is 2.27. The lowest BCUT2D eigenvalue weighted by Crippen LogP contribution is -2.39. The largest absolute Gasteiger partial charge is 0.338 e. The number of nitrogens with zero attached hydrogens (tertiary/aromatic N) is 3. The number of hydrogen-bond acceptors (Lipinski definition) is 2. The first-order chi connectivity index (χ1) is 13.1. The van der Waals surface area contributed by atoms with Crippen LogP contribution >= 0.6 is 0 Å². The molecule has 1 unspecified atom stereocenters. The number of rotatable bonds is 3. The lowest BCUT2D eigenvalue weighted by Gasteiger charge is -2.32. The van der Waals surface area contributed by atoms with Gasteiger partial charge in [0.05, 0.1) is 12.0 Å². The second-order valence-electron chi connectivity index (χ2n) is 6.79. The molecule has 0 spiro atoms. The first-order valence-corrected chi connectivity index (χ1v) is 8.95. The first kappa shape index (κ1) is 17.4. The second-order valence-corrected chi connectivity index (χ2v) is 6.79. The highest BCUT2D eigenvalue weighted by atomic mass is 19.1. The third-order valence-corrected chi connectivity index (χ3v) is 4.91. The van der Waals surface area contributed by atoms with Gasteiger partial charge in [-0.05, 0) is 49.2 Å². The smallest absolute Gasteiger partial charge is 0.253 e. The van der Waals surface area contributed by atoms with Crippen LogP contribution in [-0.4, -0.2) is 33.4 Å². The molecule has 2 heterocycles. The van der Waals surface area contributed by atoms with Crippen molar-refractivity contribution in [1.82, 2.24) is 14.5 Å². The number of likely N-dealkylation sites (tertiary alicyclic amines) is 1. The Labute approximate surface area is 156 Å². The molecule has 0 bridgehead atoms. The lowest BCUT2D eigenvalue weighted by molar-refractivity contribution is 0.0705. The van der Waals surface area contributed by atoms with Crippen LogP contribution in [0.5, 0.6) is 0 Å². The van der Waals surface area contributed by atoms with Crippen LogP contribution < -0.4 is 0 Å². The number of carbonyl (C=O) groups is 1. The lowest BCUT2D eigenvalue weighted by atomic mass is 9.94. The molecule has 0 saturated carbocycles. The Morgan fingerprint density at radius 3 is 2.63 bits per heavy atom. The molecule has 3 aromatic rings. The molecule has 4 rings (SSSR count). The summed E-state index contributed by atoms with van der Waals surface area (Å²) < 4.78 is 28.6. The van der Waals surface area contributed by atoms with Crippen LogP contribution in [0.2, 0.25) is 0 Å². The number of benzene rings is 2. The molecule has 0 N–H and O–H groups in total. The maximum Gasteiger partial charge on any atom is 0.253 e. The molecule has 1 amide bonds. The van der Waals surface area contributed by atoms with E-state index in [0.29, 0.717) is 24.3 Å². The number of carbonyl (C=O) groups excluding carboxylic acids is 1. The van der Waals surface area contributed by atoms with Crippen molar-refractivity contribution in [3.63, 3.8) is 0 Å². The fraction of sp³-hybridized carbons (Fsp3) is 0.238. The van der Waals surface area contributed by atoms with Crippen LogP contribution in [0.15, 0.2) is 61.1 Å². The molecule has 4 nitrogen and oxygen atoms in total. The number of aromatic nitrogens is 2. The number of piperidine rings is 1. The fourth-order valence-corrected chi connectivity index (χ4v) is 3.53. The Balaban J connectivity index is 1.51. The predicted octanol–water partition coefficient (Wildman–Crippen LogP) is 4.17. The van der Waals surface area contributed by atoms with E-state index >= 15 is 0 Å². The summed E-state index contributed by atoms with van der Waals surface area (Å²) in [5.41, 5.74) is 1.94. The zero-order valence-corrected chi connectivity index (χ0v) is 14.7. The van der Waals surface area contributed by atoms with Gasteiger partial charge in [-0.25, -0.2) is 13.8 Å². The second kappa shape index (κ2) is 7.31. The summed E-state index contributed by atoms with van der Waals surface area (Å²) in [6.07, 6.45) is 5.33. The van der Waals surface area contributed by atoms with Crippen molar-refractivity contribution in [2.75, 3.05) is 13.1 Å². The Bertz CT molecular complexity index is 969. The van der Waals surface area contributed by atoms with Gasteiger partial charge in [0.15, 0.2) is 0 Å². The molecule has 1 fully saturated rings. The van der Waals surface area contributed by atoms with Crippen LogP contribution in [0.25, 0.3) is 5.69 Å². The zero-order valence-electron chi connectivity index (χ0n) is 14.7. The van der Waals surface area contributed by atoms with Gasteiger partial charge in [0.25, 0.3) is 5.91 Å². The van der Waals surface area contributed by atoms with Crippen molar-refractivity contribution in [1.29, 1.82) is 0 Å². The third-order valence-electron chi connectivity index (χ3n) is 4.91. The van der Waals surface area contributed by atoms with Crippen molar-refractivity contribution in [3.05, 3.63) is 83.9 Å². The molecule has 27 heavy (non-hydrogen) atoms. The van der Waals surface area contributed by atoms with E-state index in [1.807, 2.05) is 12.3 Å². The maximum atomic E-state index is 13.4. The van der Waals surface area contributed by atoms with Gasteiger partial charge in [-0.3, -0.25) is 4.79 Å². The fourth-order valence-electron chi connectivity index (χ4n) is 3.53. The van der Waals surface area contributed by atoms with Crippen LogP contribution in [0.3, 0.4) is 0 Å². The molecule has 0 radical (unpaired) electrons. The normalized spacial score (nSPS) is 17.1. The van der Waals surface area contributed by atoms with E-state index in [1.54, 1.807) is 34.0 Å². The summed E-state index contributed by atoms with van der Waals surface area (Å²) in [7, 11) is 0.